The molecule has 0 aliphatic heterocycles. The smallest absolute Gasteiger partial charge is 0.419 e. The fraction of sp³-hybridized carbons (Fsp3) is 0.389. The van der Waals surface area contributed by atoms with Crippen molar-refractivity contribution in [2.24, 2.45) is 0 Å². The summed E-state index contributed by atoms with van der Waals surface area (Å²) in [5.74, 6) is -0.411. The Bertz CT molecular complexity index is 830. The molecule has 0 bridgehead atoms. The van der Waals surface area contributed by atoms with Crippen LogP contribution in [0.15, 0.2) is 24.4 Å². The van der Waals surface area contributed by atoms with Gasteiger partial charge in [-0.2, -0.15) is 0 Å². The third kappa shape index (κ3) is 4.59. The zero-order chi connectivity index (χ0) is 18.8. The van der Waals surface area contributed by atoms with E-state index >= 15 is 0 Å². The fourth-order valence-electron chi connectivity index (χ4n) is 2.22. The van der Waals surface area contributed by atoms with Gasteiger partial charge in [-0.3, -0.25) is 9.59 Å². The molecule has 1 N–H and O–H groups in total. The molecular weight excluding hydrogens is 324 g/mol. The summed E-state index contributed by atoms with van der Waals surface area (Å²) in [5.41, 5.74) is 0.391. The third-order valence-electron chi connectivity index (χ3n) is 3.19. The molecule has 0 saturated heterocycles. The molecular formula is C18H22N2O5. The maximum Gasteiger partial charge on any atom is 0.419 e. The SMILES string of the molecule is CCC(=O)Oc1cn(C(=O)OC(C)(C)C)c2ccc(NC(C)=O)cc12. The lowest BCUT2D eigenvalue weighted by Crippen LogP contribution is -2.26. The molecule has 0 aliphatic rings. The van der Waals surface area contributed by atoms with Crippen molar-refractivity contribution in [3.63, 3.8) is 0 Å². The maximum atomic E-state index is 12.4. The predicted molar refractivity (Wildman–Crippen MR) is 93.8 cm³/mol. The Balaban J connectivity index is 2.53. The van der Waals surface area contributed by atoms with Crippen molar-refractivity contribution in [1.29, 1.82) is 0 Å². The van der Waals surface area contributed by atoms with E-state index in [1.165, 1.54) is 17.7 Å². The minimum atomic E-state index is -0.663. The van der Waals surface area contributed by atoms with Crippen LogP contribution in [-0.4, -0.2) is 28.1 Å². The number of benzene rings is 1. The number of nitrogens with zero attached hydrogens (tertiary/aromatic N) is 1. The average Bonchev–Trinajstić information content (AvgIpc) is 2.83. The van der Waals surface area contributed by atoms with Gasteiger partial charge in [-0.15, -0.1) is 0 Å². The lowest BCUT2D eigenvalue weighted by atomic mass is 10.2. The van der Waals surface area contributed by atoms with E-state index in [2.05, 4.69) is 5.32 Å². The number of esters is 1. The Labute approximate surface area is 145 Å². The summed E-state index contributed by atoms with van der Waals surface area (Å²) in [7, 11) is 0. The number of fused-ring (bicyclic) bond motifs is 1. The maximum absolute atomic E-state index is 12.4. The van der Waals surface area contributed by atoms with Crippen molar-refractivity contribution in [2.45, 2.75) is 46.6 Å². The third-order valence-corrected chi connectivity index (χ3v) is 3.19. The first-order chi connectivity index (χ1) is 11.6. The highest BCUT2D eigenvalue weighted by atomic mass is 16.6. The average molecular weight is 346 g/mol. The van der Waals surface area contributed by atoms with Gasteiger partial charge in [0.05, 0.1) is 11.7 Å². The van der Waals surface area contributed by atoms with Gasteiger partial charge in [0.2, 0.25) is 5.91 Å². The van der Waals surface area contributed by atoms with Gasteiger partial charge in [0.1, 0.15) is 5.60 Å². The lowest BCUT2D eigenvalue weighted by Gasteiger charge is -2.19. The lowest BCUT2D eigenvalue weighted by molar-refractivity contribution is -0.133. The molecule has 1 aromatic carbocycles. The number of amides is 1. The van der Waals surface area contributed by atoms with Crippen LogP contribution in [0.4, 0.5) is 10.5 Å². The van der Waals surface area contributed by atoms with Crippen molar-refractivity contribution in [2.75, 3.05) is 5.32 Å². The van der Waals surface area contributed by atoms with Gasteiger partial charge in [0.15, 0.2) is 5.75 Å². The van der Waals surface area contributed by atoms with Crippen LogP contribution in [0.1, 0.15) is 41.0 Å². The van der Waals surface area contributed by atoms with Crippen LogP contribution in [0.3, 0.4) is 0 Å². The monoisotopic (exact) mass is 346 g/mol. The summed E-state index contributed by atoms with van der Waals surface area (Å²) in [5, 5.41) is 3.19. The summed E-state index contributed by atoms with van der Waals surface area (Å²) in [6.45, 7) is 8.38. The first-order valence-electron chi connectivity index (χ1n) is 7.97. The van der Waals surface area contributed by atoms with Crippen molar-refractivity contribution in [1.82, 2.24) is 4.57 Å². The molecule has 2 aromatic rings. The number of aromatic nitrogens is 1. The number of ether oxygens (including phenoxy) is 2. The number of hydrogen-bond acceptors (Lipinski definition) is 5. The van der Waals surface area contributed by atoms with Gasteiger partial charge in [0, 0.05) is 24.4 Å². The summed E-state index contributed by atoms with van der Waals surface area (Å²) in [6.07, 6.45) is 1.04. The van der Waals surface area contributed by atoms with Crippen LogP contribution in [0.25, 0.3) is 10.9 Å². The molecule has 1 heterocycles. The van der Waals surface area contributed by atoms with Gasteiger partial charge in [0.25, 0.3) is 0 Å². The predicted octanol–water partition coefficient (Wildman–Crippen LogP) is 3.70. The Kier molecular flexibility index (Phi) is 5.15. The number of anilines is 1. The molecule has 0 spiro atoms. The Hall–Kier alpha value is -2.83. The van der Waals surface area contributed by atoms with Crippen LogP contribution in [0, 0.1) is 0 Å². The second-order valence-electron chi connectivity index (χ2n) is 6.58. The molecule has 2 rings (SSSR count). The first kappa shape index (κ1) is 18.5. The van der Waals surface area contributed by atoms with Crippen molar-refractivity contribution < 1.29 is 23.9 Å². The standard InChI is InChI=1S/C18H22N2O5/c1-6-16(22)24-15-10-20(17(23)25-18(3,4)5)14-8-7-12(9-13(14)15)19-11(2)21/h7-10H,6H2,1-5H3,(H,19,21). The Morgan fingerprint density at radius 3 is 2.44 bits per heavy atom. The van der Waals surface area contributed by atoms with Crippen molar-refractivity contribution in [3.8, 4) is 5.75 Å². The Morgan fingerprint density at radius 1 is 1.20 bits per heavy atom. The van der Waals surface area contributed by atoms with E-state index in [-0.39, 0.29) is 18.1 Å². The van der Waals surface area contributed by atoms with Crippen LogP contribution in [0.2, 0.25) is 0 Å². The molecule has 1 amide bonds. The molecule has 0 saturated carbocycles. The summed E-state index contributed by atoms with van der Waals surface area (Å²) in [4.78, 5) is 35.4. The minimum Gasteiger partial charge on any atom is -0.443 e. The number of rotatable bonds is 3. The number of carbonyl (C=O) groups is 3. The zero-order valence-corrected chi connectivity index (χ0v) is 15.0. The van der Waals surface area contributed by atoms with Crippen molar-refractivity contribution in [3.05, 3.63) is 24.4 Å². The normalized spacial score (nSPS) is 11.2. The second kappa shape index (κ2) is 6.96. The molecule has 7 nitrogen and oxygen atoms in total. The van der Waals surface area contributed by atoms with Gasteiger partial charge < -0.3 is 14.8 Å². The molecule has 1 aromatic heterocycles. The van der Waals surface area contributed by atoms with Gasteiger partial charge >= 0.3 is 12.1 Å². The highest BCUT2D eigenvalue weighted by Gasteiger charge is 2.22. The number of nitrogens with one attached hydrogen (secondary N) is 1. The molecule has 134 valence electrons. The van der Waals surface area contributed by atoms with Gasteiger partial charge in [-0.25, -0.2) is 9.36 Å². The summed E-state index contributed by atoms with van der Waals surface area (Å²) in [6, 6.07) is 4.97. The largest absolute Gasteiger partial charge is 0.443 e. The van der Waals surface area contributed by atoms with Crippen LogP contribution in [-0.2, 0) is 14.3 Å². The fourth-order valence-corrected chi connectivity index (χ4v) is 2.22. The molecule has 25 heavy (non-hydrogen) atoms. The van der Waals surface area contributed by atoms with E-state index in [9.17, 15) is 14.4 Å². The molecule has 0 unspecified atom stereocenters. The first-order valence-corrected chi connectivity index (χ1v) is 7.97. The van der Waals surface area contributed by atoms with Crippen LogP contribution in [0.5, 0.6) is 5.75 Å². The summed E-state index contributed by atoms with van der Waals surface area (Å²) < 4.78 is 12.0. The summed E-state index contributed by atoms with van der Waals surface area (Å²) >= 11 is 0. The Morgan fingerprint density at radius 2 is 1.88 bits per heavy atom. The van der Waals surface area contributed by atoms with E-state index in [0.717, 1.165) is 0 Å². The highest BCUT2D eigenvalue weighted by Crippen LogP contribution is 2.31. The quantitative estimate of drug-likeness (QED) is 0.856. The van der Waals surface area contributed by atoms with Crippen LogP contribution >= 0.6 is 0 Å². The van der Waals surface area contributed by atoms with E-state index < -0.39 is 17.7 Å². The van der Waals surface area contributed by atoms with E-state index in [4.69, 9.17) is 9.47 Å². The number of hydrogen-bond donors (Lipinski definition) is 1. The zero-order valence-electron chi connectivity index (χ0n) is 15.0. The molecule has 0 atom stereocenters. The van der Waals surface area contributed by atoms with E-state index in [1.54, 1.807) is 45.9 Å². The molecule has 7 heteroatoms. The minimum absolute atomic E-state index is 0.199. The van der Waals surface area contributed by atoms with Crippen molar-refractivity contribution >= 4 is 34.6 Å². The highest BCUT2D eigenvalue weighted by molar-refractivity contribution is 5.99. The molecule has 0 fully saturated rings. The van der Waals surface area contributed by atoms with Gasteiger partial charge in [-0.1, -0.05) is 6.92 Å². The van der Waals surface area contributed by atoms with Gasteiger partial charge in [-0.05, 0) is 39.0 Å². The number of carbonyl (C=O) groups excluding carboxylic acids is 3. The molecule has 0 radical (unpaired) electrons. The van der Waals surface area contributed by atoms with E-state index in [0.29, 0.717) is 16.6 Å². The molecule has 0 aliphatic carbocycles. The topological polar surface area (TPSA) is 86.6 Å². The second-order valence-corrected chi connectivity index (χ2v) is 6.58. The van der Waals surface area contributed by atoms with Crippen LogP contribution < -0.4 is 10.1 Å². The van der Waals surface area contributed by atoms with E-state index in [1.807, 2.05) is 0 Å².